The molecule has 1 aromatic carbocycles. The van der Waals surface area contributed by atoms with E-state index in [1.54, 1.807) is 11.3 Å². The number of nitrogen functional groups attached to an aromatic ring is 1. The highest BCUT2D eigenvalue weighted by molar-refractivity contribution is 7.07. The van der Waals surface area contributed by atoms with Crippen LogP contribution < -0.4 is 10.5 Å². The Hall–Kier alpha value is -1.48. The van der Waals surface area contributed by atoms with E-state index in [0.717, 1.165) is 23.4 Å². The van der Waals surface area contributed by atoms with Gasteiger partial charge >= 0.3 is 0 Å². The molecule has 16 heavy (non-hydrogen) atoms. The molecule has 0 spiro atoms. The van der Waals surface area contributed by atoms with Gasteiger partial charge in [-0.05, 0) is 41.4 Å². The summed E-state index contributed by atoms with van der Waals surface area (Å²) in [5, 5.41) is 4.23. The summed E-state index contributed by atoms with van der Waals surface area (Å²) in [4.78, 5) is 0. The van der Waals surface area contributed by atoms with E-state index >= 15 is 0 Å². The summed E-state index contributed by atoms with van der Waals surface area (Å²) in [6.07, 6.45) is 0.942. The molecule has 0 bridgehead atoms. The molecule has 2 nitrogen and oxygen atoms in total. The second kappa shape index (κ2) is 5.03. The lowest BCUT2D eigenvalue weighted by molar-refractivity contribution is 0.320. The van der Waals surface area contributed by atoms with Crippen molar-refractivity contribution < 1.29 is 4.74 Å². The molecule has 0 aliphatic carbocycles. The van der Waals surface area contributed by atoms with E-state index in [1.807, 2.05) is 25.1 Å². The van der Waals surface area contributed by atoms with Crippen molar-refractivity contribution in [1.29, 1.82) is 0 Å². The predicted octanol–water partition coefficient (Wildman–Crippen LogP) is 3.26. The number of anilines is 1. The van der Waals surface area contributed by atoms with Gasteiger partial charge in [0.05, 0.1) is 6.61 Å². The molecular formula is C13H15NOS. The molecule has 0 amide bonds. The summed E-state index contributed by atoms with van der Waals surface area (Å²) >= 11 is 1.72. The maximum atomic E-state index is 5.81. The normalized spacial score (nSPS) is 10.3. The summed E-state index contributed by atoms with van der Waals surface area (Å²) in [7, 11) is 0. The molecule has 1 heterocycles. The van der Waals surface area contributed by atoms with Crippen LogP contribution in [-0.2, 0) is 6.42 Å². The zero-order valence-corrected chi connectivity index (χ0v) is 10.1. The summed E-state index contributed by atoms with van der Waals surface area (Å²) < 4.78 is 5.72. The molecule has 0 aliphatic rings. The lowest BCUT2D eigenvalue weighted by Crippen LogP contribution is -2.02. The van der Waals surface area contributed by atoms with E-state index in [1.165, 1.54) is 5.56 Å². The molecule has 3 heteroatoms. The molecule has 0 fully saturated rings. The maximum Gasteiger partial charge on any atom is 0.124 e. The van der Waals surface area contributed by atoms with Crippen molar-refractivity contribution in [2.75, 3.05) is 12.3 Å². The lowest BCUT2D eigenvalue weighted by Gasteiger charge is -2.09. The zero-order chi connectivity index (χ0) is 11.4. The first kappa shape index (κ1) is 11.0. The number of hydrogen-bond donors (Lipinski definition) is 1. The second-order valence-corrected chi connectivity index (χ2v) is 4.48. The summed E-state index contributed by atoms with van der Waals surface area (Å²) in [6, 6.07) is 7.89. The second-order valence-electron chi connectivity index (χ2n) is 3.70. The van der Waals surface area contributed by atoms with Crippen molar-refractivity contribution in [2.24, 2.45) is 0 Å². The molecule has 0 radical (unpaired) electrons. The molecule has 2 N–H and O–H groups in total. The largest absolute Gasteiger partial charge is 0.493 e. The van der Waals surface area contributed by atoms with Gasteiger partial charge < -0.3 is 10.5 Å². The van der Waals surface area contributed by atoms with E-state index < -0.39 is 0 Å². The first-order chi connectivity index (χ1) is 7.77. The Morgan fingerprint density at radius 1 is 1.31 bits per heavy atom. The van der Waals surface area contributed by atoms with E-state index in [2.05, 4.69) is 16.8 Å². The van der Waals surface area contributed by atoms with E-state index in [0.29, 0.717) is 6.61 Å². The van der Waals surface area contributed by atoms with Crippen LogP contribution in [0, 0.1) is 6.92 Å². The Kier molecular flexibility index (Phi) is 3.47. The van der Waals surface area contributed by atoms with Crippen molar-refractivity contribution >= 4 is 17.0 Å². The van der Waals surface area contributed by atoms with Gasteiger partial charge in [-0.2, -0.15) is 11.3 Å². The van der Waals surface area contributed by atoms with Crippen LogP contribution in [0.25, 0.3) is 0 Å². The Bertz CT molecular complexity index is 451. The zero-order valence-electron chi connectivity index (χ0n) is 9.27. The lowest BCUT2D eigenvalue weighted by atomic mass is 10.2. The minimum Gasteiger partial charge on any atom is -0.493 e. The highest BCUT2D eigenvalue weighted by Gasteiger charge is 2.02. The predicted molar refractivity (Wildman–Crippen MR) is 69.1 cm³/mol. The first-order valence-electron chi connectivity index (χ1n) is 5.26. The van der Waals surface area contributed by atoms with Crippen molar-refractivity contribution in [3.05, 3.63) is 46.2 Å². The van der Waals surface area contributed by atoms with Crippen molar-refractivity contribution in [1.82, 2.24) is 0 Å². The molecule has 0 saturated heterocycles. The van der Waals surface area contributed by atoms with Gasteiger partial charge in [0.2, 0.25) is 0 Å². The number of nitrogens with two attached hydrogens (primary N) is 1. The summed E-state index contributed by atoms with van der Waals surface area (Å²) in [6.45, 7) is 2.68. The fraction of sp³-hybridized carbons (Fsp3) is 0.231. The van der Waals surface area contributed by atoms with Gasteiger partial charge in [-0.3, -0.25) is 0 Å². The van der Waals surface area contributed by atoms with Crippen molar-refractivity contribution in [3.63, 3.8) is 0 Å². The SMILES string of the molecule is Cc1c(N)cccc1OCCc1ccsc1. The van der Waals surface area contributed by atoms with Crippen LogP contribution in [0.3, 0.4) is 0 Å². The van der Waals surface area contributed by atoms with Crippen LogP contribution in [0.15, 0.2) is 35.0 Å². The summed E-state index contributed by atoms with van der Waals surface area (Å²) in [5.74, 6) is 0.884. The van der Waals surface area contributed by atoms with Crippen molar-refractivity contribution in [2.45, 2.75) is 13.3 Å². The Morgan fingerprint density at radius 3 is 2.94 bits per heavy atom. The van der Waals surface area contributed by atoms with Gasteiger partial charge in [0.15, 0.2) is 0 Å². The topological polar surface area (TPSA) is 35.2 Å². The third-order valence-electron chi connectivity index (χ3n) is 2.55. The van der Waals surface area contributed by atoms with Crippen LogP contribution >= 0.6 is 11.3 Å². The highest BCUT2D eigenvalue weighted by atomic mass is 32.1. The minimum atomic E-state index is 0.695. The Balaban J connectivity index is 1.92. The molecule has 0 saturated carbocycles. The molecule has 0 atom stereocenters. The summed E-state index contributed by atoms with van der Waals surface area (Å²) in [5.41, 5.74) is 8.94. The van der Waals surface area contributed by atoms with E-state index in [4.69, 9.17) is 10.5 Å². The maximum absolute atomic E-state index is 5.81. The molecule has 1 aromatic heterocycles. The quantitative estimate of drug-likeness (QED) is 0.823. The standard InChI is InChI=1S/C13H15NOS/c1-10-12(14)3-2-4-13(10)15-7-5-11-6-8-16-9-11/h2-4,6,8-9H,5,7,14H2,1H3. The average molecular weight is 233 g/mol. The smallest absolute Gasteiger partial charge is 0.124 e. The molecule has 2 rings (SSSR count). The van der Waals surface area contributed by atoms with Crippen LogP contribution in [-0.4, -0.2) is 6.61 Å². The van der Waals surface area contributed by atoms with Gasteiger partial charge in [0.1, 0.15) is 5.75 Å². The molecular weight excluding hydrogens is 218 g/mol. The number of rotatable bonds is 4. The average Bonchev–Trinajstić information content (AvgIpc) is 2.77. The monoisotopic (exact) mass is 233 g/mol. The molecule has 0 aliphatic heterocycles. The van der Waals surface area contributed by atoms with Gasteiger partial charge in [0, 0.05) is 17.7 Å². The third kappa shape index (κ3) is 2.55. The van der Waals surface area contributed by atoms with Gasteiger partial charge in [-0.1, -0.05) is 6.07 Å². The Morgan fingerprint density at radius 2 is 2.19 bits per heavy atom. The molecule has 0 unspecified atom stereocenters. The van der Waals surface area contributed by atoms with Gasteiger partial charge in [0.25, 0.3) is 0 Å². The van der Waals surface area contributed by atoms with Crippen LogP contribution in [0.4, 0.5) is 5.69 Å². The number of hydrogen-bond acceptors (Lipinski definition) is 3. The number of ether oxygens (including phenoxy) is 1. The fourth-order valence-corrected chi connectivity index (χ4v) is 2.20. The molecule has 84 valence electrons. The van der Waals surface area contributed by atoms with Crippen molar-refractivity contribution in [3.8, 4) is 5.75 Å². The third-order valence-corrected chi connectivity index (χ3v) is 3.29. The first-order valence-corrected chi connectivity index (χ1v) is 6.20. The number of thiophene rings is 1. The van der Waals surface area contributed by atoms with Gasteiger partial charge in [-0.15, -0.1) is 0 Å². The van der Waals surface area contributed by atoms with Crippen LogP contribution in [0.2, 0.25) is 0 Å². The number of benzene rings is 1. The molecule has 2 aromatic rings. The van der Waals surface area contributed by atoms with Gasteiger partial charge in [-0.25, -0.2) is 0 Å². The van der Waals surface area contributed by atoms with E-state index in [9.17, 15) is 0 Å². The minimum absolute atomic E-state index is 0.695. The Labute approximate surface area is 99.7 Å². The van der Waals surface area contributed by atoms with E-state index in [-0.39, 0.29) is 0 Å². The highest BCUT2D eigenvalue weighted by Crippen LogP contribution is 2.23. The fourth-order valence-electron chi connectivity index (χ4n) is 1.50. The van der Waals surface area contributed by atoms with Crippen LogP contribution in [0.1, 0.15) is 11.1 Å². The van der Waals surface area contributed by atoms with Crippen LogP contribution in [0.5, 0.6) is 5.75 Å².